The summed E-state index contributed by atoms with van der Waals surface area (Å²) in [5.41, 5.74) is 4.19. The van der Waals surface area contributed by atoms with Crippen molar-refractivity contribution in [2.75, 3.05) is 11.9 Å². The zero-order valence-electron chi connectivity index (χ0n) is 19.3. The SMILES string of the molecule is CCCCOc1ccc(/C=C/C(=O)Oc2ccc(C(=O)Nc3cc(C)ccc3C)cc2)cc1. The molecule has 5 heteroatoms. The van der Waals surface area contributed by atoms with Gasteiger partial charge in [-0.3, -0.25) is 4.79 Å². The predicted molar refractivity (Wildman–Crippen MR) is 132 cm³/mol. The van der Waals surface area contributed by atoms with E-state index in [4.69, 9.17) is 9.47 Å². The molecule has 5 nitrogen and oxygen atoms in total. The number of benzene rings is 3. The number of carbonyl (C=O) groups excluding carboxylic acids is 2. The molecule has 3 rings (SSSR count). The Morgan fingerprint density at radius 2 is 1.61 bits per heavy atom. The van der Waals surface area contributed by atoms with Crippen LogP contribution in [0, 0.1) is 13.8 Å². The molecule has 0 aliphatic carbocycles. The molecule has 3 aromatic rings. The molecule has 0 saturated heterocycles. The van der Waals surface area contributed by atoms with Crippen molar-refractivity contribution in [2.24, 2.45) is 0 Å². The maximum Gasteiger partial charge on any atom is 0.336 e. The molecule has 0 aliphatic rings. The van der Waals surface area contributed by atoms with Gasteiger partial charge in [0.2, 0.25) is 0 Å². The van der Waals surface area contributed by atoms with Crippen molar-refractivity contribution >= 4 is 23.6 Å². The molecule has 0 spiro atoms. The zero-order valence-corrected chi connectivity index (χ0v) is 19.3. The third-order valence-electron chi connectivity index (χ3n) is 5.03. The lowest BCUT2D eigenvalue weighted by Crippen LogP contribution is -2.13. The first-order valence-corrected chi connectivity index (χ1v) is 11.1. The number of amides is 1. The highest BCUT2D eigenvalue weighted by Crippen LogP contribution is 2.19. The third kappa shape index (κ3) is 7.35. The van der Waals surface area contributed by atoms with Crippen molar-refractivity contribution in [1.29, 1.82) is 0 Å². The molecule has 1 amide bonds. The molecule has 3 aromatic carbocycles. The quantitative estimate of drug-likeness (QED) is 0.181. The highest BCUT2D eigenvalue weighted by Gasteiger charge is 2.09. The van der Waals surface area contributed by atoms with E-state index in [1.807, 2.05) is 56.3 Å². The van der Waals surface area contributed by atoms with Crippen LogP contribution in [0.25, 0.3) is 6.08 Å². The summed E-state index contributed by atoms with van der Waals surface area (Å²) in [6.45, 7) is 6.74. The average Bonchev–Trinajstić information content (AvgIpc) is 2.81. The van der Waals surface area contributed by atoms with Crippen LogP contribution in [0.3, 0.4) is 0 Å². The van der Waals surface area contributed by atoms with Gasteiger partial charge in [0.1, 0.15) is 11.5 Å². The fraction of sp³-hybridized carbons (Fsp3) is 0.214. The van der Waals surface area contributed by atoms with Crippen LogP contribution in [0.2, 0.25) is 0 Å². The second kappa shape index (κ2) is 11.7. The van der Waals surface area contributed by atoms with E-state index < -0.39 is 5.97 Å². The van der Waals surface area contributed by atoms with Crippen LogP contribution in [0.5, 0.6) is 11.5 Å². The Bertz CT molecular complexity index is 1120. The Kier molecular flexibility index (Phi) is 8.42. The number of hydrogen-bond acceptors (Lipinski definition) is 4. The fourth-order valence-electron chi connectivity index (χ4n) is 3.06. The highest BCUT2D eigenvalue weighted by atomic mass is 16.5. The van der Waals surface area contributed by atoms with E-state index in [9.17, 15) is 9.59 Å². The summed E-state index contributed by atoms with van der Waals surface area (Å²) in [6, 6.07) is 19.9. The monoisotopic (exact) mass is 443 g/mol. The largest absolute Gasteiger partial charge is 0.494 e. The van der Waals surface area contributed by atoms with Gasteiger partial charge in [0.25, 0.3) is 5.91 Å². The first kappa shape index (κ1) is 23.8. The Morgan fingerprint density at radius 3 is 2.30 bits per heavy atom. The average molecular weight is 444 g/mol. The number of nitrogens with one attached hydrogen (secondary N) is 1. The Hall–Kier alpha value is -3.86. The van der Waals surface area contributed by atoms with Crippen molar-refractivity contribution in [1.82, 2.24) is 0 Å². The van der Waals surface area contributed by atoms with Gasteiger partial charge in [-0.05, 0) is 85.5 Å². The van der Waals surface area contributed by atoms with E-state index >= 15 is 0 Å². The molecule has 0 radical (unpaired) electrons. The number of anilines is 1. The van der Waals surface area contributed by atoms with E-state index in [0.717, 1.165) is 41.0 Å². The van der Waals surface area contributed by atoms with Crippen LogP contribution < -0.4 is 14.8 Å². The molecule has 0 bridgehead atoms. The van der Waals surface area contributed by atoms with Crippen LogP contribution in [0.1, 0.15) is 46.8 Å². The van der Waals surface area contributed by atoms with Gasteiger partial charge in [0.05, 0.1) is 6.61 Å². The van der Waals surface area contributed by atoms with Crippen molar-refractivity contribution < 1.29 is 19.1 Å². The number of ether oxygens (including phenoxy) is 2. The maximum absolute atomic E-state index is 12.5. The van der Waals surface area contributed by atoms with Gasteiger partial charge in [-0.15, -0.1) is 0 Å². The minimum Gasteiger partial charge on any atom is -0.494 e. The van der Waals surface area contributed by atoms with Gasteiger partial charge in [-0.1, -0.05) is 37.6 Å². The van der Waals surface area contributed by atoms with Gasteiger partial charge < -0.3 is 14.8 Å². The first-order valence-electron chi connectivity index (χ1n) is 11.1. The summed E-state index contributed by atoms with van der Waals surface area (Å²) in [5.74, 6) is 0.465. The lowest BCUT2D eigenvalue weighted by molar-refractivity contribution is -0.128. The maximum atomic E-state index is 12.5. The van der Waals surface area contributed by atoms with E-state index in [0.29, 0.717) is 17.9 Å². The summed E-state index contributed by atoms with van der Waals surface area (Å²) in [4.78, 5) is 24.7. The molecular weight excluding hydrogens is 414 g/mol. The Balaban J connectivity index is 1.53. The molecule has 1 N–H and O–H groups in total. The minimum absolute atomic E-state index is 0.219. The van der Waals surface area contributed by atoms with Crippen molar-refractivity contribution in [2.45, 2.75) is 33.6 Å². The van der Waals surface area contributed by atoms with E-state index in [1.165, 1.54) is 6.08 Å². The van der Waals surface area contributed by atoms with E-state index in [-0.39, 0.29) is 5.91 Å². The molecular formula is C28H29NO4. The predicted octanol–water partition coefficient (Wildman–Crippen LogP) is 6.35. The molecule has 0 saturated carbocycles. The van der Waals surface area contributed by atoms with Gasteiger partial charge in [-0.2, -0.15) is 0 Å². The van der Waals surface area contributed by atoms with Gasteiger partial charge >= 0.3 is 5.97 Å². The number of aryl methyl sites for hydroxylation is 2. The van der Waals surface area contributed by atoms with Gasteiger partial charge in [0, 0.05) is 17.3 Å². The lowest BCUT2D eigenvalue weighted by Gasteiger charge is -2.10. The molecule has 0 aromatic heterocycles. The topological polar surface area (TPSA) is 64.6 Å². The van der Waals surface area contributed by atoms with Crippen LogP contribution in [-0.2, 0) is 4.79 Å². The third-order valence-corrected chi connectivity index (χ3v) is 5.03. The first-order chi connectivity index (χ1) is 15.9. The van der Waals surface area contributed by atoms with Crippen LogP contribution >= 0.6 is 0 Å². The number of esters is 1. The number of carbonyl (C=O) groups is 2. The summed E-state index contributed by atoms with van der Waals surface area (Å²) in [7, 11) is 0. The van der Waals surface area contributed by atoms with Gasteiger partial charge in [-0.25, -0.2) is 4.79 Å². The van der Waals surface area contributed by atoms with E-state index in [1.54, 1.807) is 30.3 Å². The fourth-order valence-corrected chi connectivity index (χ4v) is 3.06. The van der Waals surface area contributed by atoms with Crippen LogP contribution in [0.4, 0.5) is 5.69 Å². The van der Waals surface area contributed by atoms with E-state index in [2.05, 4.69) is 12.2 Å². The van der Waals surface area contributed by atoms with Crippen LogP contribution in [-0.4, -0.2) is 18.5 Å². The molecule has 0 unspecified atom stereocenters. The summed E-state index contributed by atoms with van der Waals surface area (Å²) >= 11 is 0. The Labute approximate surface area is 195 Å². The van der Waals surface area contributed by atoms with Gasteiger partial charge in [0.15, 0.2) is 0 Å². The number of rotatable bonds is 9. The van der Waals surface area contributed by atoms with Crippen molar-refractivity contribution in [3.8, 4) is 11.5 Å². The minimum atomic E-state index is -0.495. The lowest BCUT2D eigenvalue weighted by atomic mass is 10.1. The normalized spacial score (nSPS) is 10.8. The van der Waals surface area contributed by atoms with Crippen molar-refractivity contribution in [3.05, 3.63) is 95.1 Å². The second-order valence-electron chi connectivity index (χ2n) is 7.82. The molecule has 0 fully saturated rings. The standard InChI is InChI=1S/C28H29NO4/c1-4-5-18-32-24-13-8-22(9-14-24)10-17-27(30)33-25-15-11-23(12-16-25)28(31)29-26-19-20(2)6-7-21(26)3/h6-17,19H,4-5,18H2,1-3H3,(H,29,31)/b17-10+. The van der Waals surface area contributed by atoms with Crippen LogP contribution in [0.15, 0.2) is 72.8 Å². The highest BCUT2D eigenvalue weighted by molar-refractivity contribution is 6.04. The Morgan fingerprint density at radius 1 is 0.909 bits per heavy atom. The molecule has 0 heterocycles. The summed E-state index contributed by atoms with van der Waals surface area (Å²) in [5, 5.41) is 2.92. The zero-order chi connectivity index (χ0) is 23.6. The molecule has 0 aliphatic heterocycles. The second-order valence-corrected chi connectivity index (χ2v) is 7.82. The summed E-state index contributed by atoms with van der Waals surface area (Å²) < 4.78 is 11.0. The molecule has 0 atom stereocenters. The number of hydrogen-bond donors (Lipinski definition) is 1. The van der Waals surface area contributed by atoms with Crippen molar-refractivity contribution in [3.63, 3.8) is 0 Å². The molecule has 170 valence electrons. The number of unbranched alkanes of at least 4 members (excludes halogenated alkanes) is 1. The summed E-state index contributed by atoms with van der Waals surface area (Å²) in [6.07, 6.45) is 5.16. The molecule has 33 heavy (non-hydrogen) atoms. The smallest absolute Gasteiger partial charge is 0.336 e.